The Morgan fingerprint density at radius 1 is 0.389 bits per heavy atom. The highest BCUT2D eigenvalue weighted by Gasteiger charge is 2.20. The van der Waals surface area contributed by atoms with E-state index in [1.807, 2.05) is 66.7 Å². The van der Waals surface area contributed by atoms with Crippen molar-refractivity contribution in [2.45, 2.75) is 0 Å². The van der Waals surface area contributed by atoms with Crippen LogP contribution in [0, 0.1) is 0 Å². The van der Waals surface area contributed by atoms with Gasteiger partial charge in [-0.2, -0.15) is 0 Å². The molecule has 0 unspecified atom stereocenters. The zero-order valence-corrected chi connectivity index (χ0v) is 29.6. The molecule has 11 rings (SSSR count). The Morgan fingerprint density at radius 3 is 1.80 bits per heavy atom. The summed E-state index contributed by atoms with van der Waals surface area (Å²) >= 11 is 1.68. The molecular weight excluding hydrogens is 681 g/mol. The third kappa shape index (κ3) is 5.07. The van der Waals surface area contributed by atoms with E-state index in [9.17, 15) is 0 Å². The molecular formula is C48H28N4OS. The van der Waals surface area contributed by atoms with Crippen LogP contribution in [0.3, 0.4) is 0 Å². The van der Waals surface area contributed by atoms with E-state index in [-0.39, 0.29) is 0 Å². The van der Waals surface area contributed by atoms with E-state index in [4.69, 9.17) is 24.4 Å². The summed E-state index contributed by atoms with van der Waals surface area (Å²) in [4.78, 5) is 20.3. The minimum absolute atomic E-state index is 0.589. The molecule has 0 fully saturated rings. The Kier molecular flexibility index (Phi) is 6.97. The summed E-state index contributed by atoms with van der Waals surface area (Å²) in [6.45, 7) is 0. The van der Waals surface area contributed by atoms with Crippen molar-refractivity contribution in [2.24, 2.45) is 0 Å². The fourth-order valence-corrected chi connectivity index (χ4v) is 8.56. The second-order valence-electron chi connectivity index (χ2n) is 13.4. The lowest BCUT2D eigenvalue weighted by Gasteiger charge is -2.12. The van der Waals surface area contributed by atoms with Crippen LogP contribution in [0.5, 0.6) is 0 Å². The van der Waals surface area contributed by atoms with Gasteiger partial charge in [-0.25, -0.2) is 19.9 Å². The maximum Gasteiger partial charge on any atom is 0.164 e. The third-order valence-corrected chi connectivity index (χ3v) is 11.2. The Hall–Kier alpha value is -7.02. The first-order valence-electron chi connectivity index (χ1n) is 17.9. The molecule has 0 N–H and O–H groups in total. The lowest BCUT2D eigenvalue weighted by Crippen LogP contribution is -2.00. The molecule has 0 atom stereocenters. The maximum atomic E-state index is 6.47. The van der Waals surface area contributed by atoms with Gasteiger partial charge in [0.1, 0.15) is 16.2 Å². The van der Waals surface area contributed by atoms with Gasteiger partial charge in [0.05, 0.1) is 10.2 Å². The zero-order chi connectivity index (χ0) is 35.6. The minimum Gasteiger partial charge on any atom is -0.456 e. The molecule has 0 saturated heterocycles. The van der Waals surface area contributed by atoms with Gasteiger partial charge in [-0.3, -0.25) is 0 Å². The van der Waals surface area contributed by atoms with Crippen molar-refractivity contribution in [1.29, 1.82) is 0 Å². The topological polar surface area (TPSA) is 64.7 Å². The lowest BCUT2D eigenvalue weighted by molar-refractivity contribution is 0.669. The summed E-state index contributed by atoms with van der Waals surface area (Å²) in [6, 6.07) is 58.8. The average Bonchev–Trinajstić information content (AvgIpc) is 3.83. The van der Waals surface area contributed by atoms with E-state index >= 15 is 0 Å². The van der Waals surface area contributed by atoms with Crippen molar-refractivity contribution >= 4 is 65.0 Å². The summed E-state index contributed by atoms with van der Waals surface area (Å²) in [5.41, 5.74) is 8.63. The molecule has 0 radical (unpaired) electrons. The van der Waals surface area contributed by atoms with E-state index in [1.54, 1.807) is 11.3 Å². The van der Waals surface area contributed by atoms with Crippen LogP contribution in [-0.4, -0.2) is 19.9 Å². The molecule has 3 heterocycles. The van der Waals surface area contributed by atoms with Crippen LogP contribution >= 0.6 is 11.3 Å². The molecule has 6 heteroatoms. The number of thiazole rings is 1. The smallest absolute Gasteiger partial charge is 0.164 e. The van der Waals surface area contributed by atoms with Crippen molar-refractivity contribution < 1.29 is 4.42 Å². The number of benzene rings is 8. The number of hydrogen-bond acceptors (Lipinski definition) is 6. The van der Waals surface area contributed by atoms with Gasteiger partial charge in [0.2, 0.25) is 0 Å². The molecule has 252 valence electrons. The maximum absolute atomic E-state index is 6.47. The van der Waals surface area contributed by atoms with Crippen LogP contribution in [0.15, 0.2) is 174 Å². The fourth-order valence-electron chi connectivity index (χ4n) is 7.57. The van der Waals surface area contributed by atoms with Crippen molar-refractivity contribution in [2.75, 3.05) is 0 Å². The normalized spacial score (nSPS) is 11.7. The summed E-state index contributed by atoms with van der Waals surface area (Å²) in [5.74, 6) is 1.81. The predicted molar refractivity (Wildman–Crippen MR) is 222 cm³/mol. The highest BCUT2D eigenvalue weighted by atomic mass is 32.1. The lowest BCUT2D eigenvalue weighted by atomic mass is 9.93. The molecule has 5 nitrogen and oxygen atoms in total. The molecule has 11 aromatic rings. The van der Waals surface area contributed by atoms with Crippen LogP contribution < -0.4 is 0 Å². The number of fused-ring (bicyclic) bond motifs is 7. The first kappa shape index (κ1) is 30.6. The van der Waals surface area contributed by atoms with Crippen molar-refractivity contribution in [3.8, 4) is 55.9 Å². The zero-order valence-electron chi connectivity index (χ0n) is 28.8. The molecule has 8 aromatic carbocycles. The van der Waals surface area contributed by atoms with Gasteiger partial charge in [-0.1, -0.05) is 146 Å². The SMILES string of the molecule is c1ccc(-c2nc(-c3ccc(-c4cc5ccccc5c5ccccc45)cc3)nc(-c3cccc4oc5cc6nc(-c7ccccc7)sc6cc5c34)n2)cc1. The van der Waals surface area contributed by atoms with Crippen molar-refractivity contribution in [3.63, 3.8) is 0 Å². The largest absolute Gasteiger partial charge is 0.456 e. The summed E-state index contributed by atoms with van der Waals surface area (Å²) in [7, 11) is 0. The van der Waals surface area contributed by atoms with Crippen molar-refractivity contribution in [3.05, 3.63) is 170 Å². The number of rotatable bonds is 5. The fraction of sp³-hybridized carbons (Fsp3) is 0. The van der Waals surface area contributed by atoms with Gasteiger partial charge in [0.15, 0.2) is 17.5 Å². The number of aromatic nitrogens is 4. The van der Waals surface area contributed by atoms with Gasteiger partial charge in [0, 0.05) is 39.1 Å². The molecule has 0 saturated carbocycles. The van der Waals surface area contributed by atoms with Crippen LogP contribution in [-0.2, 0) is 0 Å². The third-order valence-electron chi connectivity index (χ3n) is 10.2. The van der Waals surface area contributed by atoms with Gasteiger partial charge in [-0.05, 0) is 50.9 Å². The van der Waals surface area contributed by atoms with Gasteiger partial charge in [0.25, 0.3) is 0 Å². The molecule has 0 spiro atoms. The van der Waals surface area contributed by atoms with Gasteiger partial charge < -0.3 is 4.42 Å². The predicted octanol–water partition coefficient (Wildman–Crippen LogP) is 13.0. The van der Waals surface area contributed by atoms with Crippen LogP contribution in [0.1, 0.15) is 0 Å². The van der Waals surface area contributed by atoms with Crippen LogP contribution in [0.4, 0.5) is 0 Å². The van der Waals surface area contributed by atoms with E-state index < -0.39 is 0 Å². The van der Waals surface area contributed by atoms with Gasteiger partial charge in [-0.15, -0.1) is 11.3 Å². The van der Waals surface area contributed by atoms with Crippen LogP contribution in [0.2, 0.25) is 0 Å². The first-order valence-corrected chi connectivity index (χ1v) is 18.7. The summed E-state index contributed by atoms with van der Waals surface area (Å²) in [5, 5.41) is 7.91. The summed E-state index contributed by atoms with van der Waals surface area (Å²) in [6.07, 6.45) is 0. The number of hydrogen-bond donors (Lipinski definition) is 0. The minimum atomic E-state index is 0.589. The first-order chi connectivity index (χ1) is 26.7. The molecule has 0 aliphatic heterocycles. The van der Waals surface area contributed by atoms with Crippen LogP contribution in [0.25, 0.3) is 110 Å². The second-order valence-corrected chi connectivity index (χ2v) is 14.5. The second kappa shape index (κ2) is 12.3. The highest BCUT2D eigenvalue weighted by molar-refractivity contribution is 7.21. The monoisotopic (exact) mass is 708 g/mol. The molecule has 3 aromatic heterocycles. The molecule has 54 heavy (non-hydrogen) atoms. The van der Waals surface area contributed by atoms with Crippen molar-refractivity contribution in [1.82, 2.24) is 19.9 Å². The quantitative estimate of drug-likeness (QED) is 0.167. The van der Waals surface area contributed by atoms with Gasteiger partial charge >= 0.3 is 0 Å². The van der Waals surface area contributed by atoms with E-state index in [1.165, 1.54) is 27.1 Å². The Balaban J connectivity index is 1.06. The van der Waals surface area contributed by atoms with E-state index in [0.717, 1.165) is 65.0 Å². The molecule has 0 amide bonds. The molecule has 0 bridgehead atoms. The highest BCUT2D eigenvalue weighted by Crippen LogP contribution is 2.41. The Labute approximate surface area is 313 Å². The Bertz CT molecular complexity index is 3210. The molecule has 0 aliphatic rings. The van der Waals surface area contributed by atoms with E-state index in [2.05, 4.69) is 103 Å². The molecule has 0 aliphatic carbocycles. The summed E-state index contributed by atoms with van der Waals surface area (Å²) < 4.78 is 7.57. The Morgan fingerprint density at radius 2 is 1.02 bits per heavy atom. The standard InChI is InChI=1S/C48H28N4OS/c1-3-12-30(13-4-1)45-50-46(31-24-22-29(23-25-31)38-26-33-16-7-8-17-34(33)35-18-9-10-19-36(35)38)52-47(51-45)37-20-11-21-41-44(37)39-27-43-40(28-42(39)53-41)49-48(54-43)32-14-5-2-6-15-32/h1-28H. The van der Waals surface area contributed by atoms with E-state index in [0.29, 0.717) is 17.5 Å². The number of nitrogens with zero attached hydrogens (tertiary/aromatic N) is 4. The average molecular weight is 709 g/mol. The number of furan rings is 1.